The zero-order valence-electron chi connectivity index (χ0n) is 14.8. The van der Waals surface area contributed by atoms with Gasteiger partial charge in [-0.3, -0.25) is 4.79 Å². The van der Waals surface area contributed by atoms with Crippen LogP contribution in [0.1, 0.15) is 12.2 Å². The minimum Gasteiger partial charge on any atom is -0.373 e. The van der Waals surface area contributed by atoms with E-state index in [2.05, 4.69) is 20.1 Å². The molecule has 4 rings (SSSR count). The number of aliphatic hydroxyl groups is 1. The number of likely N-dealkylation sites (N-methyl/N-ethyl adjacent to an activating group) is 1. The molecule has 0 radical (unpaired) electrons. The van der Waals surface area contributed by atoms with Gasteiger partial charge < -0.3 is 14.5 Å². The van der Waals surface area contributed by atoms with Gasteiger partial charge in [-0.25, -0.2) is 15.0 Å². The van der Waals surface area contributed by atoms with Crippen molar-refractivity contribution in [3.8, 4) is 22.8 Å². The maximum Gasteiger partial charge on any atom is 0.262 e. The van der Waals surface area contributed by atoms with Gasteiger partial charge in [0.15, 0.2) is 10.9 Å². The largest absolute Gasteiger partial charge is 0.373 e. The van der Waals surface area contributed by atoms with E-state index in [0.29, 0.717) is 34.5 Å². The van der Waals surface area contributed by atoms with E-state index in [0.717, 1.165) is 0 Å². The predicted octanol–water partition coefficient (Wildman–Crippen LogP) is 1.97. The normalized spacial score (nSPS) is 19.7. The summed E-state index contributed by atoms with van der Waals surface area (Å²) < 4.78 is 5.29. The summed E-state index contributed by atoms with van der Waals surface area (Å²) in [7, 11) is 1.65. The number of carbonyl (C=O) groups excluding carboxylic acids is 1. The molecule has 1 amide bonds. The van der Waals surface area contributed by atoms with Crippen molar-refractivity contribution < 1.29 is 14.4 Å². The lowest BCUT2D eigenvalue weighted by Gasteiger charge is -2.16. The third kappa shape index (κ3) is 3.08. The molecule has 0 saturated carbocycles. The molecule has 4 heterocycles. The van der Waals surface area contributed by atoms with Crippen molar-refractivity contribution in [2.24, 2.45) is 0 Å². The topological polar surface area (TPSA) is 105 Å². The molecule has 0 aliphatic carbocycles. The molecule has 1 N–H and O–H groups in total. The van der Waals surface area contributed by atoms with Crippen molar-refractivity contribution >= 4 is 17.7 Å². The predicted molar refractivity (Wildman–Crippen MR) is 98.7 cm³/mol. The summed E-state index contributed by atoms with van der Waals surface area (Å²) in [6.07, 6.45) is 3.86. The third-order valence-corrected chi connectivity index (χ3v) is 5.08. The Bertz CT molecular complexity index is 1010. The fourth-order valence-electron chi connectivity index (χ4n) is 2.97. The van der Waals surface area contributed by atoms with Crippen LogP contribution in [0.4, 0.5) is 0 Å². The molecule has 0 spiro atoms. The van der Waals surface area contributed by atoms with E-state index in [1.54, 1.807) is 31.4 Å². The Morgan fingerprint density at radius 3 is 2.63 bits per heavy atom. The Morgan fingerprint density at radius 1 is 1.19 bits per heavy atom. The highest BCUT2D eigenvalue weighted by Crippen LogP contribution is 2.34. The Hall–Kier alpha value is -2.78. The quantitative estimate of drug-likeness (QED) is 0.538. The van der Waals surface area contributed by atoms with E-state index in [1.165, 1.54) is 16.7 Å². The summed E-state index contributed by atoms with van der Waals surface area (Å²) in [6, 6.07) is 8.83. The van der Waals surface area contributed by atoms with E-state index in [4.69, 9.17) is 4.52 Å². The van der Waals surface area contributed by atoms with Crippen LogP contribution < -0.4 is 0 Å². The van der Waals surface area contributed by atoms with Crippen LogP contribution >= 0.6 is 11.8 Å². The molecule has 1 saturated heterocycles. The Labute approximate surface area is 159 Å². The first kappa shape index (κ1) is 17.6. The molecule has 1 fully saturated rings. The molecule has 0 aromatic carbocycles. The van der Waals surface area contributed by atoms with Crippen molar-refractivity contribution in [2.45, 2.75) is 17.2 Å². The summed E-state index contributed by atoms with van der Waals surface area (Å²) in [4.78, 5) is 26.9. The standard InChI is InChI=1S/C18H17N5O3S/c1-23-9-7-18(25,16(23)24)15-10-14(22-26-15)12-5-3-4-11(20-12)13-6-8-19-17(21-13)27-2/h3-6,8,10,25H,7,9H2,1-2H3. The van der Waals surface area contributed by atoms with Crippen LogP contribution in [0.25, 0.3) is 22.8 Å². The molecule has 138 valence electrons. The number of pyridine rings is 1. The number of aromatic nitrogens is 4. The number of likely N-dealkylation sites (tertiary alicyclic amines) is 1. The minimum absolute atomic E-state index is 0.130. The number of thioether (sulfide) groups is 1. The van der Waals surface area contributed by atoms with Crippen LogP contribution in [0.3, 0.4) is 0 Å². The maximum atomic E-state index is 12.2. The highest BCUT2D eigenvalue weighted by atomic mass is 32.2. The lowest BCUT2D eigenvalue weighted by Crippen LogP contribution is -2.35. The SMILES string of the molecule is CSc1nccc(-c2cccc(-c3cc(C4(O)CCN(C)C4=O)on3)n2)n1. The van der Waals surface area contributed by atoms with Gasteiger partial charge in [0.1, 0.15) is 5.69 Å². The summed E-state index contributed by atoms with van der Waals surface area (Å²) in [5.41, 5.74) is 0.713. The fourth-order valence-corrected chi connectivity index (χ4v) is 3.33. The van der Waals surface area contributed by atoms with E-state index in [1.807, 2.05) is 18.4 Å². The molecule has 1 aliphatic heterocycles. The van der Waals surface area contributed by atoms with Crippen molar-refractivity contribution in [3.63, 3.8) is 0 Å². The summed E-state index contributed by atoms with van der Waals surface area (Å²) >= 11 is 1.45. The molecule has 8 nitrogen and oxygen atoms in total. The van der Waals surface area contributed by atoms with Crippen LogP contribution in [0.15, 0.2) is 46.2 Å². The molecule has 3 aromatic heterocycles. The van der Waals surface area contributed by atoms with Crippen LogP contribution in [0, 0.1) is 0 Å². The third-order valence-electron chi connectivity index (χ3n) is 4.52. The minimum atomic E-state index is -1.67. The van der Waals surface area contributed by atoms with Crippen molar-refractivity contribution in [3.05, 3.63) is 42.3 Å². The zero-order chi connectivity index (χ0) is 19.0. The Morgan fingerprint density at radius 2 is 1.93 bits per heavy atom. The van der Waals surface area contributed by atoms with E-state index < -0.39 is 11.5 Å². The molecule has 1 unspecified atom stereocenters. The number of hydrogen-bond donors (Lipinski definition) is 1. The van der Waals surface area contributed by atoms with Crippen molar-refractivity contribution in [2.75, 3.05) is 19.8 Å². The van der Waals surface area contributed by atoms with E-state index in [-0.39, 0.29) is 12.2 Å². The first-order valence-corrected chi connectivity index (χ1v) is 9.54. The first-order chi connectivity index (χ1) is 13.0. The van der Waals surface area contributed by atoms with Gasteiger partial charge in [0, 0.05) is 32.3 Å². The second-order valence-electron chi connectivity index (χ2n) is 6.25. The highest BCUT2D eigenvalue weighted by Gasteiger charge is 2.48. The van der Waals surface area contributed by atoms with E-state index in [9.17, 15) is 9.90 Å². The van der Waals surface area contributed by atoms with Gasteiger partial charge in [-0.15, -0.1) is 0 Å². The smallest absolute Gasteiger partial charge is 0.262 e. The molecular formula is C18H17N5O3S. The number of nitrogens with zero attached hydrogens (tertiary/aromatic N) is 5. The first-order valence-electron chi connectivity index (χ1n) is 8.31. The molecule has 1 atom stereocenters. The zero-order valence-corrected chi connectivity index (χ0v) is 15.6. The lowest BCUT2D eigenvalue weighted by molar-refractivity contribution is -0.144. The van der Waals surface area contributed by atoms with Crippen LogP contribution in [0.5, 0.6) is 0 Å². The molecule has 9 heteroatoms. The number of hydrogen-bond acceptors (Lipinski definition) is 8. The second kappa shape index (κ2) is 6.75. The van der Waals surface area contributed by atoms with E-state index >= 15 is 0 Å². The van der Waals surface area contributed by atoms with Crippen LogP contribution in [-0.4, -0.2) is 55.9 Å². The van der Waals surface area contributed by atoms with Crippen molar-refractivity contribution in [1.82, 2.24) is 25.0 Å². The highest BCUT2D eigenvalue weighted by molar-refractivity contribution is 7.98. The molecule has 27 heavy (non-hydrogen) atoms. The second-order valence-corrected chi connectivity index (χ2v) is 7.02. The number of rotatable bonds is 4. The van der Waals surface area contributed by atoms with Gasteiger partial charge in [0.2, 0.25) is 5.60 Å². The van der Waals surface area contributed by atoms with Gasteiger partial charge in [0.25, 0.3) is 5.91 Å². The maximum absolute atomic E-state index is 12.2. The molecule has 0 bridgehead atoms. The fraction of sp³-hybridized carbons (Fsp3) is 0.278. The Kier molecular flexibility index (Phi) is 4.40. The van der Waals surface area contributed by atoms with Gasteiger partial charge >= 0.3 is 0 Å². The summed E-state index contributed by atoms with van der Waals surface area (Å²) in [5.74, 6) is -0.261. The lowest BCUT2D eigenvalue weighted by atomic mass is 9.98. The van der Waals surface area contributed by atoms with Gasteiger partial charge in [-0.1, -0.05) is 23.0 Å². The summed E-state index contributed by atoms with van der Waals surface area (Å²) in [5, 5.41) is 15.3. The van der Waals surface area contributed by atoms with Crippen LogP contribution in [-0.2, 0) is 10.4 Å². The Balaban J connectivity index is 1.67. The average molecular weight is 383 g/mol. The summed E-state index contributed by atoms with van der Waals surface area (Å²) in [6.45, 7) is 0.463. The monoisotopic (exact) mass is 383 g/mol. The van der Waals surface area contributed by atoms with Gasteiger partial charge in [0.05, 0.1) is 17.1 Å². The molecule has 3 aromatic rings. The number of carbonyl (C=O) groups is 1. The van der Waals surface area contributed by atoms with Crippen LogP contribution in [0.2, 0.25) is 0 Å². The van der Waals surface area contributed by atoms with Gasteiger partial charge in [-0.2, -0.15) is 0 Å². The average Bonchev–Trinajstić information content (AvgIpc) is 3.31. The van der Waals surface area contributed by atoms with Crippen molar-refractivity contribution in [1.29, 1.82) is 0 Å². The molecular weight excluding hydrogens is 366 g/mol. The number of amides is 1. The van der Waals surface area contributed by atoms with Gasteiger partial charge in [-0.05, 0) is 24.5 Å². The molecule has 1 aliphatic rings.